The van der Waals surface area contributed by atoms with Crippen molar-refractivity contribution in [1.29, 1.82) is 0 Å². The van der Waals surface area contributed by atoms with Gasteiger partial charge in [-0.2, -0.15) is 0 Å². The van der Waals surface area contributed by atoms with Crippen LogP contribution < -0.4 is 24.9 Å². The molecule has 36 heavy (non-hydrogen) atoms. The van der Waals surface area contributed by atoms with Crippen LogP contribution in [0.1, 0.15) is 24.1 Å². The first-order valence-electron chi connectivity index (χ1n) is 11.2. The van der Waals surface area contributed by atoms with E-state index in [0.29, 0.717) is 37.1 Å². The van der Waals surface area contributed by atoms with Crippen LogP contribution in [0.15, 0.2) is 99.9 Å². The van der Waals surface area contributed by atoms with Gasteiger partial charge < -0.3 is 10.1 Å². The predicted octanol–water partition coefficient (Wildman–Crippen LogP) is 4.54. The van der Waals surface area contributed by atoms with Gasteiger partial charge in [0.25, 0.3) is 11.5 Å². The molecule has 0 saturated heterocycles. The van der Waals surface area contributed by atoms with Crippen LogP contribution in [0.4, 0.5) is 5.69 Å². The van der Waals surface area contributed by atoms with Crippen molar-refractivity contribution in [3.63, 3.8) is 0 Å². The summed E-state index contributed by atoms with van der Waals surface area (Å²) >= 11 is 7.30. The van der Waals surface area contributed by atoms with Crippen molar-refractivity contribution < 1.29 is 9.53 Å². The number of carbonyl (C=O) groups is 1. The molecule has 0 fully saturated rings. The van der Waals surface area contributed by atoms with E-state index in [-0.39, 0.29) is 11.5 Å². The molecule has 1 aliphatic rings. The summed E-state index contributed by atoms with van der Waals surface area (Å²) in [4.78, 5) is 32.5. The summed E-state index contributed by atoms with van der Waals surface area (Å²) in [7, 11) is 1.58. The topological polar surface area (TPSA) is 72.7 Å². The number of methoxy groups -OCH3 is 1. The molecule has 1 N–H and O–H groups in total. The maximum atomic E-state index is 13.7. The normalized spacial score (nSPS) is 15.3. The minimum absolute atomic E-state index is 0.223. The molecule has 3 aromatic carbocycles. The monoisotopic (exact) mass is 515 g/mol. The maximum Gasteiger partial charge on any atom is 0.271 e. The fourth-order valence-electron chi connectivity index (χ4n) is 4.17. The Morgan fingerprint density at radius 2 is 1.83 bits per heavy atom. The molecule has 0 bridgehead atoms. The van der Waals surface area contributed by atoms with Gasteiger partial charge in [0.05, 0.1) is 29.0 Å². The highest BCUT2D eigenvalue weighted by molar-refractivity contribution is 7.07. The first-order chi connectivity index (χ1) is 17.4. The highest BCUT2D eigenvalue weighted by atomic mass is 35.5. The van der Waals surface area contributed by atoms with E-state index < -0.39 is 6.04 Å². The molecular formula is C28H22ClN3O3S. The van der Waals surface area contributed by atoms with Gasteiger partial charge >= 0.3 is 0 Å². The minimum Gasteiger partial charge on any atom is -0.497 e. The van der Waals surface area contributed by atoms with Crippen molar-refractivity contribution in [2.45, 2.75) is 13.0 Å². The van der Waals surface area contributed by atoms with Crippen molar-refractivity contribution in [2.24, 2.45) is 4.99 Å². The van der Waals surface area contributed by atoms with Gasteiger partial charge in [0, 0.05) is 10.7 Å². The number of para-hydroxylation sites is 1. The molecular weight excluding hydrogens is 494 g/mol. The zero-order chi connectivity index (χ0) is 25.2. The molecule has 0 spiro atoms. The molecule has 8 heteroatoms. The van der Waals surface area contributed by atoms with E-state index in [1.165, 1.54) is 11.3 Å². The van der Waals surface area contributed by atoms with E-state index in [2.05, 4.69) is 10.3 Å². The smallest absolute Gasteiger partial charge is 0.271 e. The Bertz CT molecular complexity index is 1650. The third kappa shape index (κ3) is 4.63. The van der Waals surface area contributed by atoms with E-state index in [9.17, 15) is 9.59 Å². The summed E-state index contributed by atoms with van der Waals surface area (Å²) in [6.07, 6.45) is 1.81. The second-order valence-corrected chi connectivity index (χ2v) is 9.68. The molecule has 5 rings (SSSR count). The van der Waals surface area contributed by atoms with Gasteiger partial charge in [-0.15, -0.1) is 0 Å². The van der Waals surface area contributed by atoms with Crippen molar-refractivity contribution in [1.82, 2.24) is 4.57 Å². The Morgan fingerprint density at radius 3 is 2.56 bits per heavy atom. The van der Waals surface area contributed by atoms with Gasteiger partial charge in [0.15, 0.2) is 4.80 Å². The van der Waals surface area contributed by atoms with E-state index in [1.807, 2.05) is 72.8 Å². The lowest BCUT2D eigenvalue weighted by atomic mass is 9.95. The molecule has 6 nitrogen and oxygen atoms in total. The highest BCUT2D eigenvalue weighted by Crippen LogP contribution is 2.32. The van der Waals surface area contributed by atoms with E-state index in [1.54, 1.807) is 30.7 Å². The summed E-state index contributed by atoms with van der Waals surface area (Å²) in [6.45, 7) is 1.79. The van der Waals surface area contributed by atoms with Crippen LogP contribution in [0.2, 0.25) is 5.02 Å². The van der Waals surface area contributed by atoms with Crippen LogP contribution in [0, 0.1) is 0 Å². The van der Waals surface area contributed by atoms with Crippen LogP contribution in [-0.4, -0.2) is 17.6 Å². The number of amides is 1. The molecule has 2 heterocycles. The van der Waals surface area contributed by atoms with Gasteiger partial charge in [-0.25, -0.2) is 4.99 Å². The van der Waals surface area contributed by atoms with Gasteiger partial charge in [-0.1, -0.05) is 65.4 Å². The second kappa shape index (κ2) is 9.97. The zero-order valence-electron chi connectivity index (χ0n) is 19.6. The van der Waals surface area contributed by atoms with E-state index in [0.717, 1.165) is 11.1 Å². The number of hydrogen-bond donors (Lipinski definition) is 1. The van der Waals surface area contributed by atoms with Crippen molar-refractivity contribution in [3.8, 4) is 5.75 Å². The average molecular weight is 516 g/mol. The van der Waals surface area contributed by atoms with Gasteiger partial charge in [0.2, 0.25) is 0 Å². The quantitative estimate of drug-likeness (QED) is 0.424. The Kier molecular flexibility index (Phi) is 6.59. The number of anilines is 1. The summed E-state index contributed by atoms with van der Waals surface area (Å²) < 4.78 is 7.54. The number of fused-ring (bicyclic) bond motifs is 1. The lowest BCUT2D eigenvalue weighted by Crippen LogP contribution is -2.40. The molecule has 4 aromatic rings. The van der Waals surface area contributed by atoms with Crippen LogP contribution >= 0.6 is 22.9 Å². The number of benzene rings is 3. The van der Waals surface area contributed by atoms with Crippen molar-refractivity contribution >= 4 is 40.6 Å². The maximum absolute atomic E-state index is 13.7. The number of halogens is 1. The first-order valence-corrected chi connectivity index (χ1v) is 12.4. The van der Waals surface area contributed by atoms with Crippen LogP contribution in [-0.2, 0) is 4.79 Å². The molecule has 1 unspecified atom stereocenters. The number of hydrogen-bond acceptors (Lipinski definition) is 5. The Morgan fingerprint density at radius 1 is 1.08 bits per heavy atom. The molecule has 0 saturated carbocycles. The third-order valence-electron chi connectivity index (χ3n) is 5.88. The zero-order valence-corrected chi connectivity index (χ0v) is 21.1. The van der Waals surface area contributed by atoms with Gasteiger partial charge in [0.1, 0.15) is 5.75 Å². The lowest BCUT2D eigenvalue weighted by Gasteiger charge is -2.25. The fourth-order valence-corrected chi connectivity index (χ4v) is 5.34. The van der Waals surface area contributed by atoms with Gasteiger partial charge in [-0.05, 0) is 60.5 Å². The Hall–Kier alpha value is -3.94. The molecule has 1 amide bonds. The third-order valence-corrected chi connectivity index (χ3v) is 7.11. The number of allylic oxidation sites excluding steroid dienone is 1. The largest absolute Gasteiger partial charge is 0.497 e. The molecule has 180 valence electrons. The van der Waals surface area contributed by atoms with Crippen LogP contribution in [0.3, 0.4) is 0 Å². The number of aromatic nitrogens is 1. The molecule has 1 atom stereocenters. The van der Waals surface area contributed by atoms with Gasteiger partial charge in [-0.3, -0.25) is 14.2 Å². The lowest BCUT2D eigenvalue weighted by molar-refractivity contribution is -0.113. The first kappa shape index (κ1) is 23.8. The number of nitrogens with one attached hydrogen (secondary N) is 1. The molecule has 0 aliphatic carbocycles. The average Bonchev–Trinajstić information content (AvgIpc) is 3.19. The van der Waals surface area contributed by atoms with Crippen molar-refractivity contribution in [2.75, 3.05) is 12.4 Å². The second-order valence-electron chi connectivity index (χ2n) is 8.23. The number of carbonyl (C=O) groups excluding carboxylic acids is 1. The molecule has 1 aromatic heterocycles. The fraction of sp³-hybridized carbons (Fsp3) is 0.107. The Balaban J connectivity index is 1.68. The molecule has 1 aliphatic heterocycles. The van der Waals surface area contributed by atoms with E-state index >= 15 is 0 Å². The van der Waals surface area contributed by atoms with Crippen LogP contribution in [0.25, 0.3) is 6.08 Å². The van der Waals surface area contributed by atoms with Crippen LogP contribution in [0.5, 0.6) is 5.75 Å². The SMILES string of the molecule is COc1cccc(C2C(C(=O)Nc3ccccc3)=C(C)N=c3s/c(=C\c4ccc(Cl)cc4)c(=O)n32)c1. The van der Waals surface area contributed by atoms with E-state index in [4.69, 9.17) is 16.3 Å². The standard InChI is InChI=1S/C28H22ClN3O3S/c1-17-24(26(33)31-21-8-4-3-5-9-21)25(19-7-6-10-22(16-19)35-2)32-27(34)23(36-28(32)30-17)15-18-11-13-20(29)14-12-18/h3-16,25H,1-2H3,(H,31,33)/b23-15-. The summed E-state index contributed by atoms with van der Waals surface area (Å²) in [5, 5.41) is 3.57. The highest BCUT2D eigenvalue weighted by Gasteiger charge is 2.32. The predicted molar refractivity (Wildman–Crippen MR) is 143 cm³/mol. The summed E-state index contributed by atoms with van der Waals surface area (Å²) in [6, 6.07) is 23.2. The number of ether oxygens (including phenoxy) is 1. The minimum atomic E-state index is -0.674. The number of thiazole rings is 1. The van der Waals surface area contributed by atoms with Crippen molar-refractivity contribution in [3.05, 3.63) is 126 Å². The summed E-state index contributed by atoms with van der Waals surface area (Å²) in [5.41, 5.74) is 2.99. The number of rotatable bonds is 5. The summed E-state index contributed by atoms with van der Waals surface area (Å²) in [5.74, 6) is 0.315. The number of nitrogens with zero attached hydrogens (tertiary/aromatic N) is 2. The molecule has 0 radical (unpaired) electrons. The Labute approximate surface area is 216 Å².